The van der Waals surface area contributed by atoms with Gasteiger partial charge in [-0.1, -0.05) is 18.2 Å². The molecule has 0 saturated heterocycles. The van der Waals surface area contributed by atoms with Gasteiger partial charge < -0.3 is 0 Å². The zero-order chi connectivity index (χ0) is 13.6. The number of hydrogen-bond donors (Lipinski definition) is 0. The van der Waals surface area contributed by atoms with Gasteiger partial charge in [0.15, 0.2) is 5.43 Å². The van der Waals surface area contributed by atoms with E-state index in [0.717, 1.165) is 6.07 Å². The smallest absolute Gasteiger partial charge is 0.288 e. The summed E-state index contributed by atoms with van der Waals surface area (Å²) >= 11 is 1.20. The van der Waals surface area contributed by atoms with E-state index in [1.54, 1.807) is 30.3 Å². The van der Waals surface area contributed by atoms with Gasteiger partial charge in [-0.05, 0) is 24.3 Å². The van der Waals surface area contributed by atoms with Crippen molar-refractivity contribution in [3.05, 3.63) is 58.3 Å². The molecular formula is C14H7F3OS. The van der Waals surface area contributed by atoms with Gasteiger partial charge in [0, 0.05) is 14.8 Å². The second-order valence-electron chi connectivity index (χ2n) is 4.10. The van der Waals surface area contributed by atoms with Gasteiger partial charge in [0.2, 0.25) is 0 Å². The molecule has 0 radical (unpaired) electrons. The first-order valence-electron chi connectivity index (χ1n) is 5.50. The lowest BCUT2D eigenvalue weighted by atomic mass is 10.1. The summed E-state index contributed by atoms with van der Waals surface area (Å²) < 4.78 is 39.9. The van der Waals surface area contributed by atoms with Gasteiger partial charge in [-0.15, -0.1) is 11.3 Å². The van der Waals surface area contributed by atoms with E-state index in [4.69, 9.17) is 0 Å². The Morgan fingerprint density at radius 1 is 0.895 bits per heavy atom. The molecule has 19 heavy (non-hydrogen) atoms. The molecule has 0 amide bonds. The molecule has 96 valence electrons. The molecule has 0 fully saturated rings. The van der Waals surface area contributed by atoms with Gasteiger partial charge in [0.05, 0.1) is 10.9 Å². The Morgan fingerprint density at radius 2 is 1.58 bits per heavy atom. The van der Waals surface area contributed by atoms with Crippen LogP contribution in [0.3, 0.4) is 0 Å². The summed E-state index contributed by atoms with van der Waals surface area (Å²) in [6.45, 7) is 0. The summed E-state index contributed by atoms with van der Waals surface area (Å²) in [6.07, 6.45) is -4.52. The highest BCUT2D eigenvalue weighted by atomic mass is 32.1. The Labute approximate surface area is 109 Å². The molecule has 3 rings (SSSR count). The Kier molecular flexibility index (Phi) is 2.60. The van der Waals surface area contributed by atoms with E-state index in [-0.39, 0.29) is 5.39 Å². The molecule has 1 heterocycles. The van der Waals surface area contributed by atoms with Gasteiger partial charge in [-0.2, -0.15) is 13.2 Å². The minimum atomic E-state index is -4.52. The molecule has 0 unspecified atom stereocenters. The number of alkyl halides is 3. The number of hydrogen-bond acceptors (Lipinski definition) is 2. The predicted octanol–water partition coefficient (Wildman–Crippen LogP) is 4.43. The van der Waals surface area contributed by atoms with Crippen LogP contribution < -0.4 is 5.43 Å². The zero-order valence-corrected chi connectivity index (χ0v) is 10.3. The van der Waals surface area contributed by atoms with Gasteiger partial charge in [-0.25, -0.2) is 0 Å². The van der Waals surface area contributed by atoms with E-state index in [0.29, 0.717) is 14.8 Å². The van der Waals surface area contributed by atoms with Crippen molar-refractivity contribution in [2.75, 3.05) is 0 Å². The Morgan fingerprint density at radius 3 is 2.32 bits per heavy atom. The predicted molar refractivity (Wildman–Crippen MR) is 70.6 cm³/mol. The molecule has 0 bridgehead atoms. The molecular weight excluding hydrogens is 273 g/mol. The summed E-state index contributed by atoms with van der Waals surface area (Å²) in [6, 6.07) is 10.5. The molecule has 5 heteroatoms. The maximum Gasteiger partial charge on any atom is 0.417 e. The first-order valence-corrected chi connectivity index (χ1v) is 6.32. The maximum atomic E-state index is 13.0. The minimum absolute atomic E-state index is 0.237. The van der Waals surface area contributed by atoms with Crippen molar-refractivity contribution in [1.82, 2.24) is 0 Å². The molecule has 0 atom stereocenters. The average molecular weight is 280 g/mol. The Hall–Kier alpha value is -1.88. The van der Waals surface area contributed by atoms with Crippen LogP contribution >= 0.6 is 11.3 Å². The molecule has 0 aliphatic heterocycles. The second-order valence-corrected chi connectivity index (χ2v) is 5.19. The van der Waals surface area contributed by atoms with Crippen LogP contribution in [-0.2, 0) is 6.18 Å². The fourth-order valence-corrected chi connectivity index (χ4v) is 3.19. The quantitative estimate of drug-likeness (QED) is 0.557. The topological polar surface area (TPSA) is 17.1 Å². The van der Waals surface area contributed by atoms with E-state index in [9.17, 15) is 18.0 Å². The summed E-state index contributed by atoms with van der Waals surface area (Å²) in [4.78, 5) is 12.3. The van der Waals surface area contributed by atoms with Crippen LogP contribution in [0, 0.1) is 0 Å². The molecule has 0 aliphatic carbocycles. The maximum absolute atomic E-state index is 13.0. The zero-order valence-electron chi connectivity index (χ0n) is 9.49. The monoisotopic (exact) mass is 280 g/mol. The highest BCUT2D eigenvalue weighted by molar-refractivity contribution is 7.24. The number of halogens is 3. The van der Waals surface area contributed by atoms with Crippen molar-refractivity contribution in [3.8, 4) is 0 Å². The van der Waals surface area contributed by atoms with E-state index in [1.807, 2.05) is 0 Å². The van der Waals surface area contributed by atoms with Gasteiger partial charge in [0.1, 0.15) is 0 Å². The third-order valence-corrected chi connectivity index (χ3v) is 4.05. The standard InChI is InChI=1S/C14H7F3OS/c15-14(16,17)9-5-3-7-11-12(9)13(18)8-4-1-2-6-10(8)19-11/h1-7H. The molecule has 0 saturated carbocycles. The first kappa shape index (κ1) is 12.2. The third kappa shape index (κ3) is 1.90. The van der Waals surface area contributed by atoms with E-state index in [1.165, 1.54) is 17.4 Å². The van der Waals surface area contributed by atoms with Gasteiger partial charge in [-0.3, -0.25) is 4.79 Å². The van der Waals surface area contributed by atoms with E-state index >= 15 is 0 Å². The molecule has 1 aromatic heterocycles. The summed E-state index contributed by atoms with van der Waals surface area (Å²) in [5.74, 6) is 0. The normalized spacial score (nSPS) is 12.2. The van der Waals surface area contributed by atoms with Crippen molar-refractivity contribution in [1.29, 1.82) is 0 Å². The molecule has 3 aromatic rings. The highest BCUT2D eigenvalue weighted by Gasteiger charge is 2.33. The molecule has 0 N–H and O–H groups in total. The minimum Gasteiger partial charge on any atom is -0.288 e. The van der Waals surface area contributed by atoms with Crippen LogP contribution in [-0.4, -0.2) is 0 Å². The van der Waals surface area contributed by atoms with Gasteiger partial charge in [0.25, 0.3) is 0 Å². The van der Waals surface area contributed by atoms with E-state index < -0.39 is 17.2 Å². The van der Waals surface area contributed by atoms with Crippen LogP contribution in [0.25, 0.3) is 20.2 Å². The summed E-state index contributed by atoms with van der Waals surface area (Å²) in [5, 5.41) is 0.0930. The van der Waals surface area contributed by atoms with Crippen molar-refractivity contribution >= 4 is 31.5 Å². The Bertz CT molecular complexity index is 833. The number of rotatable bonds is 0. The average Bonchev–Trinajstić information content (AvgIpc) is 2.37. The summed E-state index contributed by atoms with van der Waals surface area (Å²) in [5.41, 5.74) is -1.42. The molecule has 0 aliphatic rings. The third-order valence-electron chi connectivity index (χ3n) is 2.91. The lowest BCUT2D eigenvalue weighted by Crippen LogP contribution is -2.11. The fourth-order valence-electron chi connectivity index (χ4n) is 2.08. The highest BCUT2D eigenvalue weighted by Crippen LogP contribution is 2.35. The Balaban J connectivity index is 2.57. The van der Waals surface area contributed by atoms with Crippen molar-refractivity contribution in [2.45, 2.75) is 6.18 Å². The first-order chi connectivity index (χ1) is 8.98. The van der Waals surface area contributed by atoms with Gasteiger partial charge >= 0.3 is 6.18 Å². The second kappa shape index (κ2) is 4.06. The van der Waals surface area contributed by atoms with E-state index in [2.05, 4.69) is 0 Å². The molecule has 0 spiro atoms. The van der Waals surface area contributed by atoms with Crippen LogP contribution in [0.1, 0.15) is 5.56 Å². The number of benzene rings is 2. The molecule has 2 aromatic carbocycles. The van der Waals surface area contributed by atoms with Crippen LogP contribution in [0.2, 0.25) is 0 Å². The molecule has 1 nitrogen and oxygen atoms in total. The van der Waals surface area contributed by atoms with Crippen LogP contribution in [0.4, 0.5) is 13.2 Å². The largest absolute Gasteiger partial charge is 0.417 e. The van der Waals surface area contributed by atoms with Crippen LogP contribution in [0.15, 0.2) is 47.3 Å². The van der Waals surface area contributed by atoms with Crippen LogP contribution in [0.5, 0.6) is 0 Å². The SMILES string of the molecule is O=c1c2ccccc2sc2cccc(C(F)(F)F)c12. The fraction of sp³-hybridized carbons (Fsp3) is 0.0714. The summed E-state index contributed by atoms with van der Waals surface area (Å²) in [7, 11) is 0. The lowest BCUT2D eigenvalue weighted by molar-refractivity contribution is -0.136. The van der Waals surface area contributed by atoms with Crippen molar-refractivity contribution < 1.29 is 13.2 Å². The van der Waals surface area contributed by atoms with Crippen molar-refractivity contribution in [2.24, 2.45) is 0 Å². The number of fused-ring (bicyclic) bond motifs is 2. The van der Waals surface area contributed by atoms with Crippen molar-refractivity contribution in [3.63, 3.8) is 0 Å². The lowest BCUT2D eigenvalue weighted by Gasteiger charge is -2.10.